The van der Waals surface area contributed by atoms with E-state index in [1.165, 1.54) is 23.9 Å². The number of hydrogen-bond donors (Lipinski definition) is 3. The molecule has 0 radical (unpaired) electrons. The zero-order valence-electron chi connectivity index (χ0n) is 26.1. The van der Waals surface area contributed by atoms with Crippen molar-refractivity contribution in [3.63, 3.8) is 0 Å². The van der Waals surface area contributed by atoms with Crippen LogP contribution in [0.3, 0.4) is 0 Å². The molecule has 2 aliphatic rings. The number of piperidine rings is 1. The van der Waals surface area contributed by atoms with Crippen molar-refractivity contribution < 1.29 is 23.5 Å². The van der Waals surface area contributed by atoms with Crippen LogP contribution >= 0.6 is 23.5 Å². The SMILES string of the molecule is CSCCC(NC(=O)c1ccc(NC[C@@H]2C[C@H](SC(=O)C3CCN(C)CC3)CN2)cc1-c1ccc(F)cc1)C(=O)OC(C)C. The maximum absolute atomic E-state index is 13.8. The predicted octanol–water partition coefficient (Wildman–Crippen LogP) is 5.04. The molecule has 2 aromatic carbocycles. The number of esters is 1. The number of benzene rings is 2. The number of halogens is 1. The second-order valence-electron chi connectivity index (χ2n) is 11.9. The third-order valence-electron chi connectivity index (χ3n) is 8.04. The molecule has 0 aliphatic carbocycles. The lowest BCUT2D eigenvalue weighted by atomic mass is 9.97. The van der Waals surface area contributed by atoms with E-state index >= 15 is 0 Å². The van der Waals surface area contributed by atoms with Gasteiger partial charge in [0.05, 0.1) is 6.10 Å². The number of anilines is 1. The number of rotatable bonds is 13. The molecule has 3 atom stereocenters. The van der Waals surface area contributed by atoms with E-state index < -0.39 is 17.9 Å². The van der Waals surface area contributed by atoms with Crippen molar-refractivity contribution in [3.05, 3.63) is 53.8 Å². The number of likely N-dealkylation sites (tertiary alicyclic amines) is 1. The van der Waals surface area contributed by atoms with Crippen LogP contribution in [-0.4, -0.2) is 90.6 Å². The normalized spacial score (nSPS) is 20.0. The van der Waals surface area contributed by atoms with E-state index in [0.717, 1.165) is 44.6 Å². The van der Waals surface area contributed by atoms with Gasteiger partial charge in [-0.25, -0.2) is 9.18 Å². The van der Waals surface area contributed by atoms with Crippen molar-refractivity contribution in [1.82, 2.24) is 15.5 Å². The van der Waals surface area contributed by atoms with Crippen LogP contribution in [0.2, 0.25) is 0 Å². The molecule has 11 heteroatoms. The molecule has 0 aromatic heterocycles. The summed E-state index contributed by atoms with van der Waals surface area (Å²) in [6.07, 6.45) is 4.88. The summed E-state index contributed by atoms with van der Waals surface area (Å²) >= 11 is 3.09. The Hall–Kier alpha value is -2.60. The standard InChI is InChI=1S/C33H45FN4O4S2/c1-21(2)42-32(40)30(13-16-43-4)37-31(39)28-10-9-25(18-29(28)22-5-7-24(34)8-6-22)35-19-26-17-27(20-36-26)44-33(41)23-11-14-38(3)15-12-23/h5-10,18,21,23,26-27,30,35-36H,11-17,19-20H2,1-4H3,(H,37,39)/t26-,27-,30?/m0/s1. The second kappa shape index (κ2) is 16.6. The molecule has 2 aliphatic heterocycles. The molecule has 0 spiro atoms. The molecule has 8 nitrogen and oxygen atoms in total. The molecule has 2 saturated heterocycles. The number of nitrogens with zero attached hydrogens (tertiary/aromatic N) is 1. The number of carbonyl (C=O) groups is 3. The van der Waals surface area contributed by atoms with Gasteiger partial charge in [0, 0.05) is 41.6 Å². The summed E-state index contributed by atoms with van der Waals surface area (Å²) in [6.45, 7) is 6.98. The van der Waals surface area contributed by atoms with Gasteiger partial charge in [-0.15, -0.1) is 0 Å². The van der Waals surface area contributed by atoms with Gasteiger partial charge in [0.25, 0.3) is 5.91 Å². The van der Waals surface area contributed by atoms with Gasteiger partial charge in [-0.2, -0.15) is 11.8 Å². The Morgan fingerprint density at radius 3 is 2.52 bits per heavy atom. The molecule has 0 bridgehead atoms. The van der Waals surface area contributed by atoms with Gasteiger partial charge < -0.3 is 25.6 Å². The minimum absolute atomic E-state index is 0.163. The first-order valence-electron chi connectivity index (χ1n) is 15.4. The Labute approximate surface area is 269 Å². The van der Waals surface area contributed by atoms with Crippen LogP contribution in [-0.2, 0) is 14.3 Å². The smallest absolute Gasteiger partial charge is 0.328 e. The summed E-state index contributed by atoms with van der Waals surface area (Å²) < 4.78 is 19.2. The summed E-state index contributed by atoms with van der Waals surface area (Å²) in [5.41, 5.74) is 2.52. The first kappa shape index (κ1) is 34.3. The summed E-state index contributed by atoms with van der Waals surface area (Å²) in [4.78, 5) is 41.4. The molecule has 3 N–H and O–H groups in total. The number of ether oxygens (including phenoxy) is 1. The van der Waals surface area contributed by atoms with E-state index in [2.05, 4.69) is 27.9 Å². The monoisotopic (exact) mass is 644 g/mol. The average molecular weight is 645 g/mol. The fourth-order valence-electron chi connectivity index (χ4n) is 5.53. The van der Waals surface area contributed by atoms with Crippen LogP contribution < -0.4 is 16.0 Å². The van der Waals surface area contributed by atoms with Crippen LogP contribution in [0, 0.1) is 11.7 Å². The van der Waals surface area contributed by atoms with Crippen molar-refractivity contribution in [1.29, 1.82) is 0 Å². The lowest BCUT2D eigenvalue weighted by Gasteiger charge is -2.28. The summed E-state index contributed by atoms with van der Waals surface area (Å²) in [5.74, 6) is -0.369. The van der Waals surface area contributed by atoms with Gasteiger partial charge in [0.15, 0.2) is 5.12 Å². The third kappa shape index (κ3) is 9.95. The summed E-state index contributed by atoms with van der Waals surface area (Å²) in [5, 5.41) is 10.5. The highest BCUT2D eigenvalue weighted by Crippen LogP contribution is 2.30. The number of nitrogens with one attached hydrogen (secondary N) is 3. The molecule has 44 heavy (non-hydrogen) atoms. The van der Waals surface area contributed by atoms with Crippen molar-refractivity contribution in [2.24, 2.45) is 5.92 Å². The van der Waals surface area contributed by atoms with Gasteiger partial charge in [0.1, 0.15) is 11.9 Å². The van der Waals surface area contributed by atoms with E-state index in [-0.39, 0.29) is 29.1 Å². The fourth-order valence-corrected chi connectivity index (χ4v) is 7.26. The molecule has 1 amide bonds. The van der Waals surface area contributed by atoms with Crippen molar-refractivity contribution >= 4 is 46.2 Å². The van der Waals surface area contributed by atoms with Gasteiger partial charge in [0.2, 0.25) is 0 Å². The van der Waals surface area contributed by atoms with Crippen molar-refractivity contribution in [2.75, 3.05) is 50.6 Å². The van der Waals surface area contributed by atoms with Crippen molar-refractivity contribution in [2.45, 2.75) is 63.0 Å². The van der Waals surface area contributed by atoms with E-state index in [0.29, 0.717) is 40.5 Å². The lowest BCUT2D eigenvalue weighted by molar-refractivity contribution is -0.149. The maximum atomic E-state index is 13.8. The molecule has 2 aromatic rings. The Kier molecular flexibility index (Phi) is 13.0. The Bertz CT molecular complexity index is 1270. The van der Waals surface area contributed by atoms with Crippen LogP contribution in [0.25, 0.3) is 11.1 Å². The van der Waals surface area contributed by atoms with Gasteiger partial charge in [-0.3, -0.25) is 9.59 Å². The van der Waals surface area contributed by atoms with Gasteiger partial charge >= 0.3 is 5.97 Å². The van der Waals surface area contributed by atoms with Gasteiger partial charge in [-0.05, 0) is 113 Å². The molecular formula is C33H45FN4O4S2. The van der Waals surface area contributed by atoms with Crippen molar-refractivity contribution in [3.8, 4) is 11.1 Å². The summed E-state index contributed by atoms with van der Waals surface area (Å²) in [7, 11) is 2.10. The molecule has 2 fully saturated rings. The largest absolute Gasteiger partial charge is 0.461 e. The number of thioether (sulfide) groups is 2. The highest BCUT2D eigenvalue weighted by atomic mass is 32.2. The Morgan fingerprint density at radius 2 is 1.84 bits per heavy atom. The average Bonchev–Trinajstić information content (AvgIpc) is 3.45. The molecule has 240 valence electrons. The lowest BCUT2D eigenvalue weighted by Crippen LogP contribution is -2.43. The minimum atomic E-state index is -0.776. The highest BCUT2D eigenvalue weighted by Gasteiger charge is 2.31. The van der Waals surface area contributed by atoms with Crippen LogP contribution in [0.1, 0.15) is 49.9 Å². The predicted molar refractivity (Wildman–Crippen MR) is 179 cm³/mol. The van der Waals surface area contributed by atoms with E-state index in [4.69, 9.17) is 4.74 Å². The number of carbonyl (C=O) groups excluding carboxylic acids is 3. The van der Waals surface area contributed by atoms with Crippen LogP contribution in [0.4, 0.5) is 10.1 Å². The summed E-state index contributed by atoms with van der Waals surface area (Å²) in [6, 6.07) is 10.9. The zero-order valence-corrected chi connectivity index (χ0v) is 27.7. The molecule has 2 heterocycles. The fraction of sp³-hybridized carbons (Fsp3) is 0.545. The maximum Gasteiger partial charge on any atom is 0.328 e. The third-order valence-corrected chi connectivity index (χ3v) is 9.94. The number of amides is 1. The topological polar surface area (TPSA) is 99.8 Å². The first-order valence-corrected chi connectivity index (χ1v) is 17.7. The number of hydrogen-bond acceptors (Lipinski definition) is 9. The quantitative estimate of drug-likeness (QED) is 0.259. The van der Waals surface area contributed by atoms with E-state index in [9.17, 15) is 18.8 Å². The highest BCUT2D eigenvalue weighted by molar-refractivity contribution is 8.14. The van der Waals surface area contributed by atoms with Crippen LogP contribution in [0.15, 0.2) is 42.5 Å². The second-order valence-corrected chi connectivity index (χ2v) is 14.2. The Balaban J connectivity index is 1.42. The zero-order chi connectivity index (χ0) is 31.6. The first-order chi connectivity index (χ1) is 21.1. The Morgan fingerprint density at radius 1 is 1.11 bits per heavy atom. The molecule has 0 saturated carbocycles. The molecule has 4 rings (SSSR count). The molecular weight excluding hydrogens is 600 g/mol. The van der Waals surface area contributed by atoms with Crippen LogP contribution in [0.5, 0.6) is 0 Å². The molecule has 1 unspecified atom stereocenters. The van der Waals surface area contributed by atoms with E-state index in [1.54, 1.807) is 43.8 Å². The minimum Gasteiger partial charge on any atom is -0.461 e. The van der Waals surface area contributed by atoms with Gasteiger partial charge in [-0.1, -0.05) is 23.9 Å². The van der Waals surface area contributed by atoms with E-state index in [1.807, 2.05) is 18.4 Å².